The largest absolute Gasteiger partial charge is 0.479 e. The minimum Gasteiger partial charge on any atom is -0.479 e. The van der Waals surface area contributed by atoms with E-state index in [2.05, 4.69) is 9.88 Å². The van der Waals surface area contributed by atoms with Crippen LogP contribution in [0.2, 0.25) is 0 Å². The van der Waals surface area contributed by atoms with Crippen LogP contribution >= 0.6 is 0 Å². The number of aliphatic hydroxyl groups excluding tert-OH is 2. The summed E-state index contributed by atoms with van der Waals surface area (Å²) in [4.78, 5) is 40.5. The first-order valence-corrected chi connectivity index (χ1v) is 12.4. The fourth-order valence-corrected chi connectivity index (χ4v) is 4.53. The van der Waals surface area contributed by atoms with E-state index in [1.54, 1.807) is 24.3 Å². The molecular formula is C26H30F3N3O7. The van der Waals surface area contributed by atoms with Gasteiger partial charge in [-0.05, 0) is 62.5 Å². The lowest BCUT2D eigenvalue weighted by Crippen LogP contribution is -2.42. The van der Waals surface area contributed by atoms with Gasteiger partial charge in [-0.3, -0.25) is 9.78 Å². The van der Waals surface area contributed by atoms with Crippen LogP contribution in [-0.2, 0) is 15.8 Å². The van der Waals surface area contributed by atoms with E-state index in [-0.39, 0.29) is 11.9 Å². The summed E-state index contributed by atoms with van der Waals surface area (Å²) in [5, 5.41) is 32.5. The highest BCUT2D eigenvalue weighted by molar-refractivity contribution is 5.95. The van der Waals surface area contributed by atoms with Crippen molar-refractivity contribution in [2.24, 2.45) is 0 Å². The number of nitrogens with zero attached hydrogens (tertiary/aromatic N) is 3. The Hall–Kier alpha value is -3.55. The molecule has 2 aliphatic heterocycles. The van der Waals surface area contributed by atoms with Gasteiger partial charge in [0.05, 0.1) is 0 Å². The maximum atomic E-state index is 13.0. The monoisotopic (exact) mass is 553 g/mol. The molecule has 2 saturated heterocycles. The molecule has 1 amide bonds. The van der Waals surface area contributed by atoms with Crippen LogP contribution in [0.5, 0.6) is 0 Å². The summed E-state index contributed by atoms with van der Waals surface area (Å²) in [6, 6.07) is 9.67. The minimum atomic E-state index is -4.45. The SMILES string of the molecule is O=C(O)[C@H](O)[C@@H](O)C(=O)O.O=C(c1ccc(-c2ccc(C(F)(F)F)nc2)cc1)N1CCC[C@H]1CN1CCCC1. The maximum absolute atomic E-state index is 13.0. The smallest absolute Gasteiger partial charge is 0.433 e. The molecule has 2 fully saturated rings. The second-order valence-electron chi connectivity index (χ2n) is 9.38. The van der Waals surface area contributed by atoms with Crippen LogP contribution in [0.3, 0.4) is 0 Å². The van der Waals surface area contributed by atoms with Gasteiger partial charge in [0.2, 0.25) is 0 Å². The fourth-order valence-electron chi connectivity index (χ4n) is 4.53. The molecule has 3 heterocycles. The predicted molar refractivity (Wildman–Crippen MR) is 132 cm³/mol. The molecule has 0 saturated carbocycles. The molecule has 4 N–H and O–H groups in total. The zero-order valence-corrected chi connectivity index (χ0v) is 20.9. The number of amides is 1. The van der Waals surface area contributed by atoms with Gasteiger partial charge in [0.25, 0.3) is 5.91 Å². The number of halogens is 3. The Balaban J connectivity index is 0.000000360. The van der Waals surface area contributed by atoms with Crippen molar-refractivity contribution < 1.29 is 48.0 Å². The summed E-state index contributed by atoms with van der Waals surface area (Å²) in [6.07, 6.45) is -3.23. The van der Waals surface area contributed by atoms with Gasteiger partial charge in [-0.25, -0.2) is 9.59 Å². The van der Waals surface area contributed by atoms with E-state index in [9.17, 15) is 27.6 Å². The number of aromatic nitrogens is 1. The van der Waals surface area contributed by atoms with Gasteiger partial charge in [-0.1, -0.05) is 18.2 Å². The van der Waals surface area contributed by atoms with Crippen LogP contribution in [0.25, 0.3) is 11.1 Å². The molecule has 3 atom stereocenters. The standard InChI is InChI=1S/C22H24F3N3O.C4H6O6/c23-22(24,25)20-10-9-18(14-26-20)16-5-7-17(8-6-16)21(29)28-13-3-4-19(28)15-27-11-1-2-12-27;5-1(3(7)8)2(6)4(9)10/h5-10,14,19H,1-4,11-13,15H2;1-2,5-6H,(H,7,8)(H,9,10)/t19-;1-,2-/m01/s1. The number of benzene rings is 1. The van der Waals surface area contributed by atoms with Gasteiger partial charge in [-0.15, -0.1) is 0 Å². The normalized spacial score (nSPS) is 19.2. The number of aliphatic carboxylic acids is 2. The first kappa shape index (κ1) is 30.0. The summed E-state index contributed by atoms with van der Waals surface area (Å²) < 4.78 is 38.0. The topological polar surface area (TPSA) is 152 Å². The summed E-state index contributed by atoms with van der Waals surface area (Å²) in [6.45, 7) is 3.96. The number of pyridine rings is 1. The van der Waals surface area contributed by atoms with Crippen LogP contribution in [-0.4, -0.2) is 97.5 Å². The van der Waals surface area contributed by atoms with Crippen molar-refractivity contribution in [1.29, 1.82) is 0 Å². The Morgan fingerprint density at radius 2 is 1.44 bits per heavy atom. The van der Waals surface area contributed by atoms with E-state index in [0.717, 1.165) is 50.7 Å². The Labute approximate surface area is 222 Å². The number of alkyl halides is 3. The van der Waals surface area contributed by atoms with Crippen molar-refractivity contribution in [3.8, 4) is 11.1 Å². The van der Waals surface area contributed by atoms with Crippen molar-refractivity contribution in [3.63, 3.8) is 0 Å². The molecule has 2 aromatic rings. The Kier molecular flexibility index (Phi) is 10.0. The minimum absolute atomic E-state index is 0.0313. The molecule has 0 radical (unpaired) electrons. The molecule has 212 valence electrons. The number of likely N-dealkylation sites (tertiary alicyclic amines) is 2. The van der Waals surface area contributed by atoms with Crippen molar-refractivity contribution in [1.82, 2.24) is 14.8 Å². The van der Waals surface area contributed by atoms with Gasteiger partial charge in [0.1, 0.15) is 5.69 Å². The number of hydrogen-bond acceptors (Lipinski definition) is 7. The van der Waals surface area contributed by atoms with Gasteiger partial charge in [-0.2, -0.15) is 13.2 Å². The molecule has 13 heteroatoms. The lowest BCUT2D eigenvalue weighted by molar-refractivity contribution is -0.165. The van der Waals surface area contributed by atoms with Crippen LogP contribution < -0.4 is 0 Å². The summed E-state index contributed by atoms with van der Waals surface area (Å²) in [7, 11) is 0. The molecule has 1 aromatic carbocycles. The highest BCUT2D eigenvalue weighted by Gasteiger charge is 2.33. The van der Waals surface area contributed by atoms with Crippen molar-refractivity contribution >= 4 is 17.8 Å². The lowest BCUT2D eigenvalue weighted by atomic mass is 10.0. The van der Waals surface area contributed by atoms with Gasteiger partial charge >= 0.3 is 18.1 Å². The number of rotatable bonds is 7. The second kappa shape index (κ2) is 13.0. The quantitative estimate of drug-likeness (QED) is 0.405. The number of carbonyl (C=O) groups is 3. The van der Waals surface area contributed by atoms with Crippen LogP contribution in [0, 0.1) is 0 Å². The Morgan fingerprint density at radius 1 is 0.872 bits per heavy atom. The Bertz CT molecular complexity index is 1120. The van der Waals surface area contributed by atoms with E-state index in [4.69, 9.17) is 20.4 Å². The molecule has 4 rings (SSSR count). The third-order valence-electron chi connectivity index (χ3n) is 6.63. The number of aliphatic hydroxyl groups is 2. The molecule has 0 aliphatic carbocycles. The molecule has 0 unspecified atom stereocenters. The van der Waals surface area contributed by atoms with Gasteiger partial charge < -0.3 is 30.2 Å². The number of carboxylic acid groups (broad SMARTS) is 2. The summed E-state index contributed by atoms with van der Waals surface area (Å²) >= 11 is 0. The number of hydrogen-bond donors (Lipinski definition) is 4. The molecule has 0 bridgehead atoms. The van der Waals surface area contributed by atoms with Gasteiger partial charge in [0.15, 0.2) is 12.2 Å². The maximum Gasteiger partial charge on any atom is 0.433 e. The summed E-state index contributed by atoms with van der Waals surface area (Å²) in [5.41, 5.74) is 1.02. The third kappa shape index (κ3) is 7.97. The van der Waals surface area contributed by atoms with Crippen molar-refractivity contribution in [2.45, 2.75) is 50.1 Å². The molecule has 39 heavy (non-hydrogen) atoms. The van der Waals surface area contributed by atoms with Crippen molar-refractivity contribution in [2.75, 3.05) is 26.2 Å². The molecule has 0 spiro atoms. The number of carbonyl (C=O) groups excluding carboxylic acids is 1. The second-order valence-corrected chi connectivity index (χ2v) is 9.38. The Morgan fingerprint density at radius 3 is 1.92 bits per heavy atom. The van der Waals surface area contributed by atoms with Crippen LogP contribution in [0.1, 0.15) is 41.7 Å². The third-order valence-corrected chi connectivity index (χ3v) is 6.63. The zero-order valence-electron chi connectivity index (χ0n) is 20.9. The predicted octanol–water partition coefficient (Wildman–Crippen LogP) is 2.35. The van der Waals surface area contributed by atoms with Crippen LogP contribution in [0.4, 0.5) is 13.2 Å². The van der Waals surface area contributed by atoms with E-state index in [0.29, 0.717) is 11.1 Å². The molecular weight excluding hydrogens is 523 g/mol. The summed E-state index contributed by atoms with van der Waals surface area (Å²) in [5.74, 6) is -3.51. The highest BCUT2D eigenvalue weighted by atomic mass is 19.4. The molecule has 1 aromatic heterocycles. The first-order chi connectivity index (χ1) is 18.4. The highest BCUT2D eigenvalue weighted by Crippen LogP contribution is 2.29. The van der Waals surface area contributed by atoms with Gasteiger partial charge in [0, 0.05) is 36.5 Å². The van der Waals surface area contributed by atoms with Crippen molar-refractivity contribution in [3.05, 3.63) is 53.9 Å². The van der Waals surface area contributed by atoms with E-state index in [1.807, 2.05) is 4.90 Å². The number of carboxylic acids is 2. The first-order valence-electron chi connectivity index (χ1n) is 12.4. The van der Waals surface area contributed by atoms with E-state index in [1.165, 1.54) is 25.1 Å². The van der Waals surface area contributed by atoms with E-state index >= 15 is 0 Å². The zero-order chi connectivity index (χ0) is 28.7. The average Bonchev–Trinajstić information content (AvgIpc) is 3.60. The van der Waals surface area contributed by atoms with E-state index < -0.39 is 36.0 Å². The fraction of sp³-hybridized carbons (Fsp3) is 0.462. The average molecular weight is 554 g/mol. The molecule has 2 aliphatic rings. The lowest BCUT2D eigenvalue weighted by Gasteiger charge is -2.28. The van der Waals surface area contributed by atoms with Crippen LogP contribution in [0.15, 0.2) is 42.6 Å². The molecule has 10 nitrogen and oxygen atoms in total.